The minimum absolute atomic E-state index is 0. The summed E-state index contributed by atoms with van der Waals surface area (Å²) in [5.74, 6) is -5.77. The van der Waals surface area contributed by atoms with Crippen LogP contribution < -0.4 is 22.9 Å². The van der Waals surface area contributed by atoms with E-state index in [0.29, 0.717) is 24.0 Å². The van der Waals surface area contributed by atoms with Crippen LogP contribution in [0, 0.1) is 0 Å². The Morgan fingerprint density at radius 1 is 0.581 bits per heavy atom. The first-order chi connectivity index (χ1) is 19.2. The van der Waals surface area contributed by atoms with Gasteiger partial charge in [-0.2, -0.15) is 0 Å². The zero-order chi connectivity index (χ0) is 31.5. The van der Waals surface area contributed by atoms with Gasteiger partial charge >= 0.3 is 47.3 Å². The first kappa shape index (κ1) is 43.8. The Bertz CT molecular complexity index is 1060. The van der Waals surface area contributed by atoms with Crippen LogP contribution in [-0.4, -0.2) is 77.7 Å². The molecule has 2 rings (SSSR count). The number of aromatic hydroxyl groups is 6. The Labute approximate surface area is 262 Å². The van der Waals surface area contributed by atoms with Crippen LogP contribution in [0.2, 0.25) is 0 Å². The van der Waals surface area contributed by atoms with Gasteiger partial charge in [0.25, 0.3) is 0 Å². The van der Waals surface area contributed by atoms with E-state index in [0.717, 1.165) is 0 Å². The van der Waals surface area contributed by atoms with Crippen molar-refractivity contribution in [2.24, 2.45) is 0 Å². The Morgan fingerprint density at radius 2 is 0.837 bits per heavy atom. The fourth-order valence-electron chi connectivity index (χ4n) is 2.92. The number of carboxylic acids is 2. The average molecular weight is 839 g/mol. The number of rotatable bonds is 12. The van der Waals surface area contributed by atoms with E-state index in [1.54, 1.807) is 0 Å². The number of carbonyl (C=O) groups excluding carboxylic acids is 2. The van der Waals surface area contributed by atoms with Gasteiger partial charge in [0.15, 0.2) is 34.5 Å². The first-order valence-electron chi connectivity index (χ1n) is 11.5. The SMILES string of the molecule is N.N.O=C(O)CCC(=O)NCCc1cc(O)c(O)c(O)c1.O=C(O)CCC(=O)NCCc1cc(O)c(O)c(O)c1.[Cl][Pt][Cl]. The molecule has 0 radical (unpaired) electrons. The monoisotopic (exact) mass is 837 g/mol. The summed E-state index contributed by atoms with van der Waals surface area (Å²) in [6, 6.07) is 5.10. The van der Waals surface area contributed by atoms with E-state index in [4.69, 9.17) is 39.3 Å². The summed E-state index contributed by atoms with van der Waals surface area (Å²) >= 11 is -0.472. The van der Waals surface area contributed by atoms with E-state index in [-0.39, 0.29) is 62.9 Å². The molecule has 0 heterocycles. The number of carboxylic acid groups (broad SMARTS) is 2. The molecule has 0 saturated carbocycles. The van der Waals surface area contributed by atoms with E-state index < -0.39 is 62.9 Å². The molecule has 0 spiro atoms. The van der Waals surface area contributed by atoms with Gasteiger partial charge in [0, 0.05) is 25.9 Å². The number of aliphatic carboxylic acids is 2. The molecule has 43 heavy (non-hydrogen) atoms. The molecular weight excluding hydrogens is 802 g/mol. The number of halogens is 2. The van der Waals surface area contributed by atoms with E-state index >= 15 is 0 Å². The Morgan fingerprint density at radius 3 is 1.07 bits per heavy atom. The molecule has 0 saturated heterocycles. The summed E-state index contributed by atoms with van der Waals surface area (Å²) in [4.78, 5) is 42.9. The predicted molar refractivity (Wildman–Crippen MR) is 152 cm³/mol. The summed E-state index contributed by atoms with van der Waals surface area (Å²) in [6.07, 6.45) is 0.0164. The summed E-state index contributed by atoms with van der Waals surface area (Å²) in [6.45, 7) is 0.476. The standard InChI is InChI=1S/2C12H15NO6.2ClH.2H3N.Pt/c2*14-8-5-7(6-9(15)12(8)19)3-4-13-10(16)1-2-11(17)18;;;;;/h2*5-6,14-15,19H,1-4H2,(H,13,16)(H,17,18);2*1H;2*1H3;/q;;;;;;+2/p-2. The molecule has 0 fully saturated rings. The van der Waals surface area contributed by atoms with Crippen LogP contribution in [0.25, 0.3) is 0 Å². The third-order valence-electron chi connectivity index (χ3n) is 4.86. The average Bonchev–Trinajstić information content (AvgIpc) is 2.88. The van der Waals surface area contributed by atoms with Crippen molar-refractivity contribution in [3.63, 3.8) is 0 Å². The van der Waals surface area contributed by atoms with E-state index in [1.165, 1.54) is 24.3 Å². The molecule has 0 unspecified atom stereocenters. The second-order valence-corrected chi connectivity index (χ2v) is 11.3. The van der Waals surface area contributed by atoms with E-state index in [1.807, 2.05) is 0 Å². The second kappa shape index (κ2) is 23.8. The van der Waals surface area contributed by atoms with Crippen LogP contribution in [0.5, 0.6) is 34.5 Å². The summed E-state index contributed by atoms with van der Waals surface area (Å²) in [5.41, 5.74) is 1.07. The number of hydrogen-bond donors (Lipinski definition) is 12. The number of phenolic OH excluding ortho intramolecular Hbond substituents is 6. The van der Waals surface area contributed by atoms with Gasteiger partial charge in [-0.3, -0.25) is 19.2 Å². The zero-order valence-electron chi connectivity index (χ0n) is 22.7. The second-order valence-electron chi connectivity index (χ2n) is 8.00. The Kier molecular flexibility index (Phi) is 24.2. The number of hydrogen-bond acceptors (Lipinski definition) is 12. The molecule has 16 N–H and O–H groups in total. The molecule has 19 heteroatoms. The summed E-state index contributed by atoms with van der Waals surface area (Å²) < 4.78 is 0. The normalized spacial score (nSPS) is 9.44. The van der Waals surface area contributed by atoms with Gasteiger partial charge in [-0.25, -0.2) is 0 Å². The minimum atomic E-state index is -1.04. The maximum atomic E-state index is 11.2. The van der Waals surface area contributed by atoms with Crippen LogP contribution >= 0.6 is 18.8 Å². The number of carbonyl (C=O) groups is 4. The van der Waals surface area contributed by atoms with Crippen molar-refractivity contribution < 1.29 is 76.5 Å². The van der Waals surface area contributed by atoms with Gasteiger partial charge in [-0.1, -0.05) is 0 Å². The third-order valence-corrected chi connectivity index (χ3v) is 4.86. The van der Waals surface area contributed by atoms with E-state index in [2.05, 4.69) is 10.6 Å². The molecule has 2 aromatic carbocycles. The van der Waals surface area contributed by atoms with Crippen LogP contribution in [0.1, 0.15) is 36.8 Å². The zero-order valence-corrected chi connectivity index (χ0v) is 26.4. The molecule has 0 atom stereocenters. The molecule has 2 aromatic rings. The molecular formula is C24H36Cl2N4O12Pt. The Balaban J connectivity index is -0.000000653. The first-order valence-corrected chi connectivity index (χ1v) is 17.1. The van der Waals surface area contributed by atoms with Crippen molar-refractivity contribution >= 4 is 42.6 Å². The molecule has 0 aliphatic heterocycles. The fourth-order valence-corrected chi connectivity index (χ4v) is 2.92. The van der Waals surface area contributed by atoms with Gasteiger partial charge in [-0.05, 0) is 48.2 Å². The fraction of sp³-hybridized carbons (Fsp3) is 0.333. The molecule has 0 bridgehead atoms. The van der Waals surface area contributed by atoms with Crippen molar-refractivity contribution in [3.8, 4) is 34.5 Å². The van der Waals surface area contributed by atoms with Crippen LogP contribution in [0.4, 0.5) is 0 Å². The number of benzene rings is 2. The van der Waals surface area contributed by atoms with Crippen molar-refractivity contribution in [1.29, 1.82) is 0 Å². The number of phenols is 6. The van der Waals surface area contributed by atoms with Crippen LogP contribution in [0.3, 0.4) is 0 Å². The molecule has 2 amide bonds. The molecule has 0 aliphatic carbocycles. The van der Waals surface area contributed by atoms with Gasteiger partial charge in [0.1, 0.15) is 0 Å². The topological polar surface area (TPSA) is 324 Å². The van der Waals surface area contributed by atoms with E-state index in [9.17, 15) is 39.6 Å². The van der Waals surface area contributed by atoms with Gasteiger partial charge in [-0.15, -0.1) is 0 Å². The van der Waals surface area contributed by atoms with Crippen molar-refractivity contribution in [2.45, 2.75) is 38.5 Å². The summed E-state index contributed by atoms with van der Waals surface area (Å²) in [7, 11) is 9.75. The maximum absolute atomic E-state index is 11.2. The van der Waals surface area contributed by atoms with Gasteiger partial charge < -0.3 is 63.8 Å². The third kappa shape index (κ3) is 20.0. The van der Waals surface area contributed by atoms with Crippen molar-refractivity contribution in [3.05, 3.63) is 35.4 Å². The van der Waals surface area contributed by atoms with Crippen molar-refractivity contribution in [2.75, 3.05) is 13.1 Å². The Hall–Kier alpha value is -3.69. The number of amides is 2. The summed E-state index contributed by atoms with van der Waals surface area (Å²) in [5, 5.41) is 77.2. The van der Waals surface area contributed by atoms with Crippen LogP contribution in [-0.2, 0) is 48.5 Å². The molecule has 248 valence electrons. The number of nitrogens with one attached hydrogen (secondary N) is 2. The van der Waals surface area contributed by atoms with Crippen LogP contribution in [0.15, 0.2) is 24.3 Å². The molecule has 0 aliphatic rings. The molecule has 16 nitrogen and oxygen atoms in total. The van der Waals surface area contributed by atoms with Crippen molar-refractivity contribution in [1.82, 2.24) is 22.9 Å². The quantitative estimate of drug-likeness (QED) is 0.137. The molecule has 0 aromatic heterocycles. The van der Waals surface area contributed by atoms with Gasteiger partial charge in [0.2, 0.25) is 11.8 Å². The van der Waals surface area contributed by atoms with Gasteiger partial charge in [0.05, 0.1) is 12.8 Å². The predicted octanol–water partition coefficient (Wildman–Crippen LogP) is 2.35.